The highest BCUT2D eigenvalue weighted by atomic mass is 32.2. The van der Waals surface area contributed by atoms with Gasteiger partial charge in [0, 0.05) is 42.2 Å². The van der Waals surface area contributed by atoms with Crippen molar-refractivity contribution in [2.24, 2.45) is 5.92 Å². The topological polar surface area (TPSA) is 138 Å². The zero-order chi connectivity index (χ0) is 33.0. The van der Waals surface area contributed by atoms with Crippen molar-refractivity contribution in [3.05, 3.63) is 89.4 Å². The van der Waals surface area contributed by atoms with Gasteiger partial charge in [-0.05, 0) is 55.5 Å². The molecule has 0 radical (unpaired) electrons. The summed E-state index contributed by atoms with van der Waals surface area (Å²) in [5, 5.41) is 15.6. The van der Waals surface area contributed by atoms with Crippen LogP contribution in [0.25, 0.3) is 10.6 Å². The normalized spacial score (nSPS) is 17.4. The fraction of sp³-hybridized carbons (Fsp3) is 0.303. The molecule has 11 nitrogen and oxygen atoms in total. The molecule has 0 bridgehead atoms. The van der Waals surface area contributed by atoms with Crippen LogP contribution in [0.5, 0.6) is 11.5 Å². The second kappa shape index (κ2) is 14.0. The number of hydrogen-bond donors (Lipinski definition) is 2. The molecule has 0 spiro atoms. The molecule has 13 heteroatoms. The van der Waals surface area contributed by atoms with Gasteiger partial charge in [0.25, 0.3) is 11.8 Å². The molecule has 1 aromatic heterocycles. The summed E-state index contributed by atoms with van der Waals surface area (Å²) < 4.78 is 39.9. The van der Waals surface area contributed by atoms with Gasteiger partial charge < -0.3 is 24.8 Å². The van der Waals surface area contributed by atoms with Gasteiger partial charge in [-0.2, -0.15) is 4.31 Å². The van der Waals surface area contributed by atoms with Crippen LogP contribution in [0.1, 0.15) is 34.6 Å². The molecule has 3 aromatic carbocycles. The van der Waals surface area contributed by atoms with Crippen LogP contribution < -0.4 is 14.8 Å². The van der Waals surface area contributed by atoms with Crippen LogP contribution in [-0.2, 0) is 10.0 Å². The molecule has 1 aliphatic heterocycles. The van der Waals surface area contributed by atoms with E-state index in [0.29, 0.717) is 11.3 Å². The quantitative estimate of drug-likeness (QED) is 0.251. The Bertz CT molecular complexity index is 1780. The number of benzene rings is 3. The summed E-state index contributed by atoms with van der Waals surface area (Å²) in [5.41, 5.74) is 1.72. The number of sulfonamides is 1. The third kappa shape index (κ3) is 6.92. The van der Waals surface area contributed by atoms with Crippen molar-refractivity contribution in [2.75, 3.05) is 39.2 Å². The molecule has 5 rings (SSSR count). The lowest BCUT2D eigenvalue weighted by Crippen LogP contribution is -2.50. The lowest BCUT2D eigenvalue weighted by molar-refractivity contribution is 0.0388. The van der Waals surface area contributed by atoms with Crippen LogP contribution >= 0.6 is 11.3 Å². The predicted octanol–water partition coefficient (Wildman–Crippen LogP) is 4.61. The van der Waals surface area contributed by atoms with Crippen LogP contribution in [0.15, 0.2) is 83.2 Å². The number of aliphatic hydroxyl groups excluding tert-OH is 1. The summed E-state index contributed by atoms with van der Waals surface area (Å²) >= 11 is 1.50. The highest BCUT2D eigenvalue weighted by molar-refractivity contribution is 7.89. The van der Waals surface area contributed by atoms with Gasteiger partial charge >= 0.3 is 0 Å². The third-order valence-electron chi connectivity index (χ3n) is 7.97. The maximum Gasteiger partial charge on any atom is 0.258 e. The number of aliphatic hydroxyl groups is 1. The van der Waals surface area contributed by atoms with Crippen LogP contribution in [0, 0.1) is 5.92 Å². The first-order valence-electron chi connectivity index (χ1n) is 14.7. The zero-order valence-electron chi connectivity index (χ0n) is 25.9. The molecule has 2 heterocycles. The Labute approximate surface area is 272 Å². The van der Waals surface area contributed by atoms with Gasteiger partial charge in [0.1, 0.15) is 16.9 Å². The Morgan fingerprint density at radius 2 is 1.89 bits per heavy atom. The third-order valence-corrected chi connectivity index (χ3v) is 10.6. The second-order valence-corrected chi connectivity index (χ2v) is 14.1. The number of hydrogen-bond acceptors (Lipinski definition) is 9. The summed E-state index contributed by atoms with van der Waals surface area (Å²) in [7, 11) is -0.939. The number of para-hydroxylation sites is 1. The number of likely N-dealkylation sites (N-methyl/N-ethyl adjacent to an activating group) is 1. The average molecular weight is 665 g/mol. The van der Waals surface area contributed by atoms with E-state index in [1.54, 1.807) is 60.5 Å². The molecule has 0 saturated heterocycles. The standard InChI is InChI=1S/C33H36N4O7S2/c1-21-18-37(22(2)20-38)33(40)27-6-5-7-28(35-31(39)23-8-10-24(11-9-23)32-34-16-17-45-32)30(27)44-29(21)19-36(3)46(41,42)26-14-12-25(43-4)13-15-26/h5-17,21-22,29,38H,18-20H2,1-4H3,(H,35,39)/t21-,22-,29+/m0/s1. The highest BCUT2D eigenvalue weighted by Crippen LogP contribution is 2.36. The van der Waals surface area contributed by atoms with Crippen molar-refractivity contribution in [1.29, 1.82) is 0 Å². The molecule has 2 amide bonds. The van der Waals surface area contributed by atoms with Gasteiger partial charge in [0.05, 0.1) is 42.4 Å². The van der Waals surface area contributed by atoms with Gasteiger partial charge in [0.2, 0.25) is 10.0 Å². The number of nitrogens with zero attached hydrogens (tertiary/aromatic N) is 3. The Kier molecular flexibility index (Phi) is 10.1. The van der Waals surface area contributed by atoms with Gasteiger partial charge in [-0.3, -0.25) is 9.59 Å². The van der Waals surface area contributed by atoms with E-state index in [2.05, 4.69) is 10.3 Å². The summed E-state index contributed by atoms with van der Waals surface area (Å²) in [5.74, 6) is -0.488. The van der Waals surface area contributed by atoms with Gasteiger partial charge in [-0.1, -0.05) is 25.1 Å². The number of anilines is 1. The maximum absolute atomic E-state index is 13.8. The fourth-order valence-electron chi connectivity index (χ4n) is 5.16. The minimum atomic E-state index is -3.91. The van der Waals surface area contributed by atoms with E-state index in [1.807, 2.05) is 24.4 Å². The molecule has 0 fully saturated rings. The lowest BCUT2D eigenvalue weighted by Gasteiger charge is -2.38. The number of fused-ring (bicyclic) bond motifs is 1. The molecule has 46 heavy (non-hydrogen) atoms. The van der Waals surface area contributed by atoms with E-state index in [-0.39, 0.29) is 53.4 Å². The number of carbonyl (C=O) groups is 2. The fourth-order valence-corrected chi connectivity index (χ4v) is 6.99. The van der Waals surface area contributed by atoms with Gasteiger partial charge in [-0.15, -0.1) is 11.3 Å². The second-order valence-electron chi connectivity index (χ2n) is 11.1. The first-order valence-corrected chi connectivity index (χ1v) is 17.0. The number of amides is 2. The monoisotopic (exact) mass is 664 g/mol. The molecule has 1 aliphatic rings. The molecular weight excluding hydrogens is 629 g/mol. The molecular formula is C33H36N4O7S2. The number of ether oxygens (including phenoxy) is 2. The number of methoxy groups -OCH3 is 1. The number of aromatic nitrogens is 1. The summed E-state index contributed by atoms with van der Waals surface area (Å²) in [4.78, 5) is 33.2. The van der Waals surface area contributed by atoms with Gasteiger partial charge in [0.15, 0.2) is 5.75 Å². The number of carbonyl (C=O) groups excluding carboxylic acids is 2. The minimum absolute atomic E-state index is 0.0506. The molecule has 4 aromatic rings. The molecule has 0 aliphatic carbocycles. The number of rotatable bonds is 10. The van der Waals surface area contributed by atoms with Crippen molar-refractivity contribution in [1.82, 2.24) is 14.2 Å². The Hall–Kier alpha value is -4.30. The first kappa shape index (κ1) is 33.1. The molecule has 0 unspecified atom stereocenters. The smallest absolute Gasteiger partial charge is 0.258 e. The van der Waals surface area contributed by atoms with E-state index < -0.39 is 28.1 Å². The van der Waals surface area contributed by atoms with Crippen LogP contribution in [0.3, 0.4) is 0 Å². The van der Waals surface area contributed by atoms with Crippen LogP contribution in [-0.4, -0.2) is 85.5 Å². The zero-order valence-corrected chi connectivity index (χ0v) is 27.5. The molecule has 2 N–H and O–H groups in total. The molecule has 242 valence electrons. The summed E-state index contributed by atoms with van der Waals surface area (Å²) in [6.45, 7) is 3.49. The van der Waals surface area contributed by atoms with Crippen LogP contribution in [0.2, 0.25) is 0 Å². The van der Waals surface area contributed by atoms with Crippen molar-refractivity contribution >= 4 is 38.9 Å². The van der Waals surface area contributed by atoms with E-state index in [0.717, 1.165) is 10.6 Å². The highest BCUT2D eigenvalue weighted by Gasteiger charge is 2.36. The van der Waals surface area contributed by atoms with Crippen molar-refractivity contribution in [2.45, 2.75) is 30.9 Å². The van der Waals surface area contributed by atoms with Gasteiger partial charge in [-0.25, -0.2) is 13.4 Å². The molecule has 0 saturated carbocycles. The average Bonchev–Trinajstić information content (AvgIpc) is 3.61. The predicted molar refractivity (Wildman–Crippen MR) is 176 cm³/mol. The van der Waals surface area contributed by atoms with Crippen molar-refractivity contribution < 1.29 is 32.6 Å². The first-order chi connectivity index (χ1) is 22.0. The number of nitrogens with one attached hydrogen (secondary N) is 1. The van der Waals surface area contributed by atoms with Crippen molar-refractivity contribution in [3.8, 4) is 22.1 Å². The Morgan fingerprint density at radius 3 is 2.52 bits per heavy atom. The van der Waals surface area contributed by atoms with Crippen molar-refractivity contribution in [3.63, 3.8) is 0 Å². The van der Waals surface area contributed by atoms with E-state index in [4.69, 9.17) is 9.47 Å². The lowest BCUT2D eigenvalue weighted by atomic mass is 9.99. The van der Waals surface area contributed by atoms with E-state index in [1.165, 1.54) is 41.9 Å². The molecule has 3 atom stereocenters. The SMILES string of the molecule is COc1ccc(S(=O)(=O)N(C)C[C@H]2Oc3c(NC(=O)c4ccc(-c5nccs5)cc4)cccc3C(=O)N([C@@H](C)CO)C[C@@H]2C)cc1. The largest absolute Gasteiger partial charge is 0.497 e. The number of thiazole rings is 1. The van der Waals surface area contributed by atoms with E-state index in [9.17, 15) is 23.1 Å². The minimum Gasteiger partial charge on any atom is -0.497 e. The Balaban J connectivity index is 1.46. The van der Waals surface area contributed by atoms with E-state index >= 15 is 0 Å². The Morgan fingerprint density at radius 1 is 1.17 bits per heavy atom. The summed E-state index contributed by atoms with van der Waals surface area (Å²) in [6.07, 6.45) is 0.988. The maximum atomic E-state index is 13.8. The summed E-state index contributed by atoms with van der Waals surface area (Å²) in [6, 6.07) is 17.5. The van der Waals surface area contributed by atoms with Crippen LogP contribution in [0.4, 0.5) is 5.69 Å².